The molecule has 0 bridgehead atoms. The van der Waals surface area contributed by atoms with Gasteiger partial charge in [-0.15, -0.1) is 0 Å². The third-order valence-electron chi connectivity index (χ3n) is 5.58. The van der Waals surface area contributed by atoms with Gasteiger partial charge in [-0.25, -0.2) is 4.98 Å². The van der Waals surface area contributed by atoms with Crippen molar-refractivity contribution in [3.63, 3.8) is 0 Å². The molecule has 1 aromatic heterocycles. The smallest absolute Gasteiger partial charge is 0.251 e. The zero-order valence-electron chi connectivity index (χ0n) is 17.5. The van der Waals surface area contributed by atoms with Crippen molar-refractivity contribution < 1.29 is 4.79 Å². The minimum absolute atomic E-state index is 0.122. The van der Waals surface area contributed by atoms with Crippen molar-refractivity contribution in [2.75, 3.05) is 24.3 Å². The van der Waals surface area contributed by atoms with E-state index >= 15 is 0 Å². The van der Waals surface area contributed by atoms with E-state index in [0.717, 1.165) is 42.4 Å². The fraction of sp³-hybridized carbons (Fsp3) is 0.348. The van der Waals surface area contributed by atoms with Crippen molar-refractivity contribution in [2.45, 2.75) is 37.8 Å². The fourth-order valence-electron chi connectivity index (χ4n) is 3.94. The fourth-order valence-corrected chi connectivity index (χ4v) is 4.23. The monoisotopic (exact) mass is 457 g/mol. The van der Waals surface area contributed by atoms with Gasteiger partial charge in [0.15, 0.2) is 0 Å². The van der Waals surface area contributed by atoms with Gasteiger partial charge in [0.1, 0.15) is 5.82 Å². The van der Waals surface area contributed by atoms with Crippen molar-refractivity contribution in [2.24, 2.45) is 0 Å². The second-order valence-electron chi connectivity index (χ2n) is 8.08. The van der Waals surface area contributed by atoms with E-state index in [2.05, 4.69) is 10.6 Å². The zero-order valence-corrected chi connectivity index (χ0v) is 19.0. The number of halogens is 2. The van der Waals surface area contributed by atoms with E-state index in [0.29, 0.717) is 21.6 Å². The highest BCUT2D eigenvalue weighted by atomic mass is 35.5. The van der Waals surface area contributed by atoms with E-state index in [-0.39, 0.29) is 18.0 Å². The van der Waals surface area contributed by atoms with Crippen LogP contribution >= 0.6 is 23.2 Å². The third-order valence-corrected chi connectivity index (χ3v) is 6.32. The van der Waals surface area contributed by atoms with Gasteiger partial charge in [0, 0.05) is 37.1 Å². The molecule has 0 saturated heterocycles. The molecule has 1 saturated carbocycles. The Labute approximate surface area is 192 Å². The second kappa shape index (κ2) is 9.28. The topological polar surface area (TPSA) is 70.2 Å². The van der Waals surface area contributed by atoms with E-state index in [9.17, 15) is 4.79 Å². The van der Waals surface area contributed by atoms with Gasteiger partial charge in [-0.05, 0) is 56.0 Å². The standard InChI is InChI=1S/C23H25Cl2N5O/c1-30(2)21-17-5-3-4-6-20(17)28-23(29-21)27-16-10-8-15(9-11-16)26-22(31)14-7-12-18(24)19(25)13-14/h3-7,12-13,15-16H,8-11H2,1-2H3,(H,26,31)(H,27,28,29)/t15-,16+. The predicted molar refractivity (Wildman–Crippen MR) is 127 cm³/mol. The van der Waals surface area contributed by atoms with Crippen LogP contribution in [-0.4, -0.2) is 42.1 Å². The maximum Gasteiger partial charge on any atom is 0.251 e. The summed E-state index contributed by atoms with van der Waals surface area (Å²) in [6, 6.07) is 13.4. The molecule has 1 heterocycles. The van der Waals surface area contributed by atoms with Crippen LogP contribution in [0.1, 0.15) is 36.0 Å². The van der Waals surface area contributed by atoms with Gasteiger partial charge < -0.3 is 15.5 Å². The van der Waals surface area contributed by atoms with E-state index in [1.165, 1.54) is 0 Å². The summed E-state index contributed by atoms with van der Waals surface area (Å²) < 4.78 is 0. The average Bonchev–Trinajstić information content (AvgIpc) is 2.76. The van der Waals surface area contributed by atoms with Gasteiger partial charge in [-0.3, -0.25) is 4.79 Å². The maximum absolute atomic E-state index is 12.5. The van der Waals surface area contributed by atoms with Crippen LogP contribution in [0.2, 0.25) is 10.0 Å². The first-order valence-corrected chi connectivity index (χ1v) is 11.1. The maximum atomic E-state index is 12.5. The number of carbonyl (C=O) groups excluding carboxylic acids is 1. The minimum atomic E-state index is -0.122. The van der Waals surface area contributed by atoms with Crippen molar-refractivity contribution in [1.82, 2.24) is 15.3 Å². The van der Waals surface area contributed by atoms with Crippen molar-refractivity contribution in [1.29, 1.82) is 0 Å². The van der Waals surface area contributed by atoms with Crippen LogP contribution in [0.15, 0.2) is 42.5 Å². The molecule has 3 aromatic rings. The van der Waals surface area contributed by atoms with Gasteiger partial charge in [-0.2, -0.15) is 4.98 Å². The Morgan fingerprint density at radius 3 is 2.39 bits per heavy atom. The highest BCUT2D eigenvalue weighted by molar-refractivity contribution is 6.42. The molecule has 2 aromatic carbocycles. The summed E-state index contributed by atoms with van der Waals surface area (Å²) in [5.74, 6) is 1.42. The lowest BCUT2D eigenvalue weighted by molar-refractivity contribution is 0.0926. The number of anilines is 2. The highest BCUT2D eigenvalue weighted by Crippen LogP contribution is 2.27. The van der Waals surface area contributed by atoms with Crippen molar-refractivity contribution in [3.05, 3.63) is 58.1 Å². The Morgan fingerprint density at radius 1 is 0.968 bits per heavy atom. The van der Waals surface area contributed by atoms with Crippen LogP contribution in [0.4, 0.5) is 11.8 Å². The molecule has 0 spiro atoms. The van der Waals surface area contributed by atoms with Crippen LogP contribution < -0.4 is 15.5 Å². The Balaban J connectivity index is 1.37. The SMILES string of the molecule is CN(C)c1nc(N[C@H]2CC[C@@H](NC(=O)c3ccc(Cl)c(Cl)c3)CC2)nc2ccccc12. The number of nitrogens with one attached hydrogen (secondary N) is 2. The first-order valence-electron chi connectivity index (χ1n) is 10.4. The summed E-state index contributed by atoms with van der Waals surface area (Å²) in [7, 11) is 3.97. The van der Waals surface area contributed by atoms with Crippen LogP contribution in [-0.2, 0) is 0 Å². The lowest BCUT2D eigenvalue weighted by Crippen LogP contribution is -2.40. The molecule has 0 radical (unpaired) electrons. The number of nitrogens with zero attached hydrogens (tertiary/aromatic N) is 3. The lowest BCUT2D eigenvalue weighted by Gasteiger charge is -2.30. The van der Waals surface area contributed by atoms with Crippen LogP contribution in [0.5, 0.6) is 0 Å². The van der Waals surface area contributed by atoms with E-state index in [1.807, 2.05) is 43.3 Å². The summed E-state index contributed by atoms with van der Waals surface area (Å²) in [5, 5.41) is 8.46. The molecular formula is C23H25Cl2N5O. The summed E-state index contributed by atoms with van der Waals surface area (Å²) in [6.07, 6.45) is 3.64. The number of fused-ring (bicyclic) bond motifs is 1. The molecule has 6 nitrogen and oxygen atoms in total. The number of amides is 1. The number of para-hydroxylation sites is 1. The summed E-state index contributed by atoms with van der Waals surface area (Å²) in [5.41, 5.74) is 1.45. The molecule has 31 heavy (non-hydrogen) atoms. The number of benzene rings is 2. The van der Waals surface area contributed by atoms with Crippen molar-refractivity contribution in [3.8, 4) is 0 Å². The Kier molecular flexibility index (Phi) is 6.49. The predicted octanol–water partition coefficient (Wildman–Crippen LogP) is 5.16. The summed E-state index contributed by atoms with van der Waals surface area (Å²) >= 11 is 12.0. The number of carbonyl (C=O) groups is 1. The van der Waals surface area contributed by atoms with Gasteiger partial charge >= 0.3 is 0 Å². The number of hydrogen-bond acceptors (Lipinski definition) is 5. The quantitative estimate of drug-likeness (QED) is 0.553. The van der Waals surface area contributed by atoms with E-state index in [4.69, 9.17) is 33.2 Å². The minimum Gasteiger partial charge on any atom is -0.362 e. The molecule has 1 aliphatic rings. The molecule has 162 valence electrons. The second-order valence-corrected chi connectivity index (χ2v) is 8.89. The number of rotatable bonds is 5. The highest BCUT2D eigenvalue weighted by Gasteiger charge is 2.24. The molecule has 4 rings (SSSR count). The Bertz CT molecular complexity index is 1100. The summed E-state index contributed by atoms with van der Waals surface area (Å²) in [4.78, 5) is 23.9. The van der Waals surface area contributed by atoms with Gasteiger partial charge in [-0.1, -0.05) is 35.3 Å². The zero-order chi connectivity index (χ0) is 22.0. The molecule has 2 N–H and O–H groups in total. The lowest BCUT2D eigenvalue weighted by atomic mass is 9.91. The normalized spacial score (nSPS) is 18.6. The first-order chi connectivity index (χ1) is 14.9. The Hall–Kier alpha value is -2.57. The van der Waals surface area contributed by atoms with Crippen LogP contribution in [0.25, 0.3) is 10.9 Å². The molecule has 0 unspecified atom stereocenters. The number of hydrogen-bond donors (Lipinski definition) is 2. The van der Waals surface area contributed by atoms with Crippen LogP contribution in [0, 0.1) is 0 Å². The van der Waals surface area contributed by atoms with Crippen molar-refractivity contribution >= 4 is 51.8 Å². The van der Waals surface area contributed by atoms with E-state index < -0.39 is 0 Å². The van der Waals surface area contributed by atoms with E-state index in [1.54, 1.807) is 18.2 Å². The molecule has 1 amide bonds. The molecule has 8 heteroatoms. The molecule has 1 fully saturated rings. The number of aromatic nitrogens is 2. The van der Waals surface area contributed by atoms with Gasteiger partial charge in [0.2, 0.25) is 5.95 Å². The van der Waals surface area contributed by atoms with Gasteiger partial charge in [0.25, 0.3) is 5.91 Å². The largest absolute Gasteiger partial charge is 0.362 e. The first kappa shape index (κ1) is 21.7. The van der Waals surface area contributed by atoms with Gasteiger partial charge in [0.05, 0.1) is 15.6 Å². The Morgan fingerprint density at radius 2 is 1.68 bits per heavy atom. The third kappa shape index (κ3) is 5.02. The van der Waals surface area contributed by atoms with Crippen LogP contribution in [0.3, 0.4) is 0 Å². The average molecular weight is 458 g/mol. The molecule has 0 aliphatic heterocycles. The molecule has 0 atom stereocenters. The molecule has 1 aliphatic carbocycles. The summed E-state index contributed by atoms with van der Waals surface area (Å²) in [6.45, 7) is 0. The molecular weight excluding hydrogens is 433 g/mol.